The predicted molar refractivity (Wildman–Crippen MR) is 95.2 cm³/mol. The summed E-state index contributed by atoms with van der Waals surface area (Å²) in [5.74, 6) is 1.80. The van der Waals surface area contributed by atoms with E-state index >= 15 is 0 Å². The van der Waals surface area contributed by atoms with Crippen molar-refractivity contribution in [3.63, 3.8) is 0 Å². The molecule has 1 nitrogen and oxygen atoms in total. The van der Waals surface area contributed by atoms with Crippen molar-refractivity contribution in [2.24, 2.45) is 0 Å². The Morgan fingerprint density at radius 1 is 0.591 bits per heavy atom. The second-order valence-electron chi connectivity index (χ2n) is 4.96. The van der Waals surface area contributed by atoms with Crippen molar-refractivity contribution in [1.29, 1.82) is 0 Å². The summed E-state index contributed by atoms with van der Waals surface area (Å²) in [6.07, 6.45) is 0. The fourth-order valence-corrected chi connectivity index (χ4v) is 3.70. The average molecular weight is 321 g/mol. The summed E-state index contributed by atoms with van der Waals surface area (Å²) in [6, 6.07) is 18.7. The van der Waals surface area contributed by atoms with Gasteiger partial charge in [-0.15, -0.1) is 0 Å². The van der Waals surface area contributed by atoms with Crippen LogP contribution in [0.3, 0.4) is 0 Å². The zero-order valence-electron chi connectivity index (χ0n) is 11.7. The van der Waals surface area contributed by atoms with E-state index in [1.54, 1.807) is 22.7 Å². The highest BCUT2D eigenvalue weighted by atomic mass is 32.1. The number of benzene rings is 1. The molecule has 0 amide bonds. The lowest BCUT2D eigenvalue weighted by molar-refractivity contribution is 0.583. The van der Waals surface area contributed by atoms with E-state index in [0.29, 0.717) is 0 Å². The summed E-state index contributed by atoms with van der Waals surface area (Å²) >= 11 is 3.39. The Morgan fingerprint density at radius 3 is 1.86 bits per heavy atom. The van der Waals surface area contributed by atoms with Gasteiger partial charge < -0.3 is 0 Å². The molecule has 1 aromatic carbocycles. The molecular formula is C19H13OS2+. The Bertz CT molecular complexity index is 811. The van der Waals surface area contributed by atoms with E-state index in [9.17, 15) is 0 Å². The second kappa shape index (κ2) is 5.87. The number of rotatable bonds is 3. The highest BCUT2D eigenvalue weighted by molar-refractivity contribution is 7.08. The first-order valence-corrected chi connectivity index (χ1v) is 8.87. The van der Waals surface area contributed by atoms with Crippen molar-refractivity contribution >= 4 is 22.7 Å². The largest absolute Gasteiger partial charge is 0.362 e. The average Bonchev–Trinajstić information content (AvgIpc) is 3.29. The number of hydrogen-bond donors (Lipinski definition) is 0. The molecule has 4 rings (SSSR count). The number of thiophene rings is 2. The smallest absolute Gasteiger partial charge is 0.207 e. The van der Waals surface area contributed by atoms with Crippen LogP contribution in [0.25, 0.3) is 33.8 Å². The first-order chi connectivity index (χ1) is 10.9. The van der Waals surface area contributed by atoms with Gasteiger partial charge in [-0.25, -0.2) is 4.42 Å². The third-order valence-electron chi connectivity index (χ3n) is 3.51. The molecule has 0 fully saturated rings. The Morgan fingerprint density at radius 2 is 1.23 bits per heavy atom. The van der Waals surface area contributed by atoms with E-state index in [1.807, 2.05) is 18.2 Å². The standard InChI is InChI=1S/C19H13OS2/c1-2-4-14(5-3-1)18-10-17(15-6-8-21-12-15)11-19(20-18)16-7-9-22-13-16/h1-13H/q+1. The Hall–Kier alpha value is -2.23. The molecular weight excluding hydrogens is 308 g/mol. The first kappa shape index (κ1) is 13.4. The topological polar surface area (TPSA) is 11.3 Å². The van der Waals surface area contributed by atoms with Gasteiger partial charge in [0.15, 0.2) is 0 Å². The van der Waals surface area contributed by atoms with Gasteiger partial charge in [-0.05, 0) is 46.0 Å². The summed E-state index contributed by atoms with van der Waals surface area (Å²) in [4.78, 5) is 0. The summed E-state index contributed by atoms with van der Waals surface area (Å²) in [6.45, 7) is 0. The van der Waals surface area contributed by atoms with Gasteiger partial charge in [0, 0.05) is 10.9 Å². The third-order valence-corrected chi connectivity index (χ3v) is 4.88. The maximum Gasteiger partial charge on any atom is 0.362 e. The minimum Gasteiger partial charge on any atom is -0.207 e. The van der Waals surface area contributed by atoms with Crippen LogP contribution in [0.2, 0.25) is 0 Å². The lowest BCUT2D eigenvalue weighted by atomic mass is 10.0. The lowest BCUT2D eigenvalue weighted by Gasteiger charge is -1.98. The van der Waals surface area contributed by atoms with E-state index in [2.05, 4.69) is 57.9 Å². The molecule has 106 valence electrons. The molecule has 3 heterocycles. The van der Waals surface area contributed by atoms with Crippen LogP contribution in [0.4, 0.5) is 0 Å². The Kier molecular flexibility index (Phi) is 3.59. The molecule has 0 N–H and O–H groups in total. The van der Waals surface area contributed by atoms with Crippen molar-refractivity contribution in [3.05, 3.63) is 76.1 Å². The minimum absolute atomic E-state index is 0.894. The molecule has 4 aromatic rings. The fourth-order valence-electron chi connectivity index (χ4n) is 2.39. The van der Waals surface area contributed by atoms with Crippen LogP contribution in [0, 0.1) is 0 Å². The molecule has 0 aliphatic carbocycles. The zero-order chi connectivity index (χ0) is 14.8. The van der Waals surface area contributed by atoms with Crippen LogP contribution in [0.1, 0.15) is 0 Å². The third kappa shape index (κ3) is 2.61. The minimum atomic E-state index is 0.894. The molecule has 0 aliphatic heterocycles. The highest BCUT2D eigenvalue weighted by Gasteiger charge is 2.20. The molecule has 0 bridgehead atoms. The van der Waals surface area contributed by atoms with Gasteiger partial charge in [-0.1, -0.05) is 18.2 Å². The summed E-state index contributed by atoms with van der Waals surface area (Å²) < 4.78 is 6.16. The van der Waals surface area contributed by atoms with Crippen LogP contribution in [-0.4, -0.2) is 0 Å². The van der Waals surface area contributed by atoms with Crippen LogP contribution >= 0.6 is 22.7 Å². The Labute approximate surface area is 137 Å². The molecule has 3 heteroatoms. The molecule has 3 aromatic heterocycles. The van der Waals surface area contributed by atoms with Crippen molar-refractivity contribution in [2.45, 2.75) is 0 Å². The van der Waals surface area contributed by atoms with E-state index < -0.39 is 0 Å². The van der Waals surface area contributed by atoms with E-state index in [4.69, 9.17) is 4.42 Å². The first-order valence-electron chi connectivity index (χ1n) is 6.99. The van der Waals surface area contributed by atoms with Gasteiger partial charge >= 0.3 is 11.5 Å². The lowest BCUT2D eigenvalue weighted by Crippen LogP contribution is -1.83. The van der Waals surface area contributed by atoms with Crippen molar-refractivity contribution in [1.82, 2.24) is 0 Å². The summed E-state index contributed by atoms with van der Waals surface area (Å²) in [5, 5.41) is 8.46. The molecule has 0 saturated heterocycles. The zero-order valence-corrected chi connectivity index (χ0v) is 13.4. The number of hydrogen-bond acceptors (Lipinski definition) is 2. The maximum absolute atomic E-state index is 6.16. The molecule has 0 aliphatic rings. The molecule has 0 saturated carbocycles. The van der Waals surface area contributed by atoms with Gasteiger partial charge in [0.1, 0.15) is 0 Å². The van der Waals surface area contributed by atoms with Crippen molar-refractivity contribution < 1.29 is 4.42 Å². The highest BCUT2D eigenvalue weighted by Crippen LogP contribution is 2.34. The second-order valence-corrected chi connectivity index (χ2v) is 6.52. The monoisotopic (exact) mass is 321 g/mol. The molecule has 0 atom stereocenters. The fraction of sp³-hybridized carbons (Fsp3) is 0. The van der Waals surface area contributed by atoms with Crippen molar-refractivity contribution in [2.75, 3.05) is 0 Å². The molecule has 22 heavy (non-hydrogen) atoms. The SMILES string of the molecule is c1ccc(-c2cc(-c3ccsc3)cc(-c3ccsc3)[o+]2)cc1. The summed E-state index contributed by atoms with van der Waals surface area (Å²) in [7, 11) is 0. The molecule has 0 spiro atoms. The van der Waals surface area contributed by atoms with Gasteiger partial charge in [0.25, 0.3) is 0 Å². The summed E-state index contributed by atoms with van der Waals surface area (Å²) in [5.41, 5.74) is 4.64. The van der Waals surface area contributed by atoms with Crippen LogP contribution < -0.4 is 0 Å². The normalized spacial score (nSPS) is 10.7. The maximum atomic E-state index is 6.16. The van der Waals surface area contributed by atoms with E-state index in [0.717, 1.165) is 22.6 Å². The van der Waals surface area contributed by atoms with Crippen molar-refractivity contribution in [3.8, 4) is 33.8 Å². The molecule has 0 radical (unpaired) electrons. The van der Waals surface area contributed by atoms with E-state index in [1.165, 1.54) is 11.1 Å². The van der Waals surface area contributed by atoms with Gasteiger partial charge in [0.05, 0.1) is 23.3 Å². The predicted octanol–water partition coefficient (Wildman–Crippen LogP) is 6.68. The van der Waals surface area contributed by atoms with E-state index in [-0.39, 0.29) is 0 Å². The van der Waals surface area contributed by atoms with Crippen LogP contribution in [-0.2, 0) is 0 Å². The van der Waals surface area contributed by atoms with Gasteiger partial charge in [-0.3, -0.25) is 0 Å². The van der Waals surface area contributed by atoms with Crippen LogP contribution in [0.15, 0.2) is 80.5 Å². The molecule has 0 unspecified atom stereocenters. The quantitative estimate of drug-likeness (QED) is 0.383. The van der Waals surface area contributed by atoms with Gasteiger partial charge in [-0.2, -0.15) is 22.7 Å². The Balaban J connectivity index is 1.91. The van der Waals surface area contributed by atoms with Gasteiger partial charge in [0.2, 0.25) is 0 Å². The van der Waals surface area contributed by atoms with Crippen LogP contribution in [0.5, 0.6) is 0 Å².